The topological polar surface area (TPSA) is 71.1 Å². The number of oxime groups is 1. The van der Waals surface area contributed by atoms with E-state index in [1.54, 1.807) is 0 Å². The number of amidine groups is 1. The van der Waals surface area contributed by atoms with Gasteiger partial charge in [0.2, 0.25) is 0 Å². The molecule has 1 unspecified atom stereocenters. The molecule has 1 fully saturated rings. The first kappa shape index (κ1) is 12.7. The van der Waals surface area contributed by atoms with Crippen LogP contribution in [0.15, 0.2) is 23.4 Å². The number of hydrogen-bond donors (Lipinski definition) is 2. The third-order valence-electron chi connectivity index (χ3n) is 3.21. The number of aryl methyl sites for hydroxylation is 1. The lowest BCUT2D eigenvalue weighted by Crippen LogP contribution is -2.44. The Hall–Kier alpha value is -1.75. The van der Waals surface area contributed by atoms with Crippen LogP contribution in [0.25, 0.3) is 0 Å². The van der Waals surface area contributed by atoms with Gasteiger partial charge in [-0.15, -0.1) is 0 Å². The van der Waals surface area contributed by atoms with Gasteiger partial charge in [0.1, 0.15) is 0 Å². The molecule has 0 bridgehead atoms. The molecule has 98 valence electrons. The average molecular weight is 249 g/mol. The predicted octanol–water partition coefficient (Wildman–Crippen LogP) is 1.31. The van der Waals surface area contributed by atoms with Gasteiger partial charge in [-0.25, -0.2) is 0 Å². The SMILES string of the molecule is Cc1ccc(C(N)=NO)c(N2CCOCC2C)c1. The van der Waals surface area contributed by atoms with E-state index in [9.17, 15) is 0 Å². The minimum atomic E-state index is 0.142. The third kappa shape index (κ3) is 2.41. The minimum absolute atomic E-state index is 0.142. The van der Waals surface area contributed by atoms with Gasteiger partial charge in [0.05, 0.1) is 13.2 Å². The van der Waals surface area contributed by atoms with E-state index in [-0.39, 0.29) is 11.9 Å². The molecule has 0 amide bonds. The van der Waals surface area contributed by atoms with E-state index in [0.717, 1.165) is 23.4 Å². The summed E-state index contributed by atoms with van der Waals surface area (Å²) in [5.41, 5.74) is 8.65. The normalized spacial score (nSPS) is 21.1. The summed E-state index contributed by atoms with van der Waals surface area (Å²) in [5, 5.41) is 12.0. The molecule has 1 aliphatic rings. The van der Waals surface area contributed by atoms with Crippen LogP contribution in [0.1, 0.15) is 18.1 Å². The lowest BCUT2D eigenvalue weighted by molar-refractivity contribution is 0.0989. The molecule has 1 aromatic carbocycles. The van der Waals surface area contributed by atoms with Crippen molar-refractivity contribution < 1.29 is 9.94 Å². The van der Waals surface area contributed by atoms with Gasteiger partial charge in [-0.1, -0.05) is 11.2 Å². The van der Waals surface area contributed by atoms with E-state index >= 15 is 0 Å². The summed E-state index contributed by atoms with van der Waals surface area (Å²) in [5.74, 6) is 0.142. The largest absolute Gasteiger partial charge is 0.409 e. The lowest BCUT2D eigenvalue weighted by atomic mass is 10.1. The van der Waals surface area contributed by atoms with Crippen LogP contribution in [0.3, 0.4) is 0 Å². The van der Waals surface area contributed by atoms with Crippen molar-refractivity contribution in [3.05, 3.63) is 29.3 Å². The van der Waals surface area contributed by atoms with Gasteiger partial charge in [0.15, 0.2) is 5.84 Å². The molecule has 0 aromatic heterocycles. The molecule has 18 heavy (non-hydrogen) atoms. The van der Waals surface area contributed by atoms with Crippen LogP contribution in [0.5, 0.6) is 0 Å². The van der Waals surface area contributed by atoms with Crippen molar-refractivity contribution in [3.8, 4) is 0 Å². The minimum Gasteiger partial charge on any atom is -0.409 e. The molecular weight excluding hydrogens is 230 g/mol. The van der Waals surface area contributed by atoms with E-state index in [4.69, 9.17) is 15.7 Å². The summed E-state index contributed by atoms with van der Waals surface area (Å²) in [6.45, 7) is 6.36. The second-order valence-corrected chi connectivity index (χ2v) is 4.62. The second kappa shape index (κ2) is 5.27. The first-order valence-electron chi connectivity index (χ1n) is 6.06. The average Bonchev–Trinajstić information content (AvgIpc) is 2.38. The van der Waals surface area contributed by atoms with Crippen LogP contribution < -0.4 is 10.6 Å². The fourth-order valence-electron chi connectivity index (χ4n) is 2.23. The summed E-state index contributed by atoms with van der Waals surface area (Å²) in [6, 6.07) is 6.20. The Labute approximate surface area is 107 Å². The highest BCUT2D eigenvalue weighted by Gasteiger charge is 2.22. The van der Waals surface area contributed by atoms with Gasteiger partial charge in [-0.2, -0.15) is 0 Å². The highest BCUT2D eigenvalue weighted by molar-refractivity contribution is 6.02. The molecule has 0 radical (unpaired) electrons. The summed E-state index contributed by atoms with van der Waals surface area (Å²) in [4.78, 5) is 2.24. The maximum atomic E-state index is 8.87. The Bertz CT molecular complexity index is 460. The Morgan fingerprint density at radius 3 is 3.00 bits per heavy atom. The molecule has 2 rings (SSSR count). The summed E-state index contributed by atoms with van der Waals surface area (Å²) in [6.07, 6.45) is 0. The molecule has 3 N–H and O–H groups in total. The molecule has 1 aromatic rings. The van der Waals surface area contributed by atoms with Crippen LogP contribution in [0, 0.1) is 6.92 Å². The van der Waals surface area contributed by atoms with Gasteiger partial charge in [-0.3, -0.25) is 0 Å². The fraction of sp³-hybridized carbons (Fsp3) is 0.462. The van der Waals surface area contributed by atoms with Gasteiger partial charge in [0, 0.05) is 23.8 Å². The van der Waals surface area contributed by atoms with Crippen molar-refractivity contribution in [1.82, 2.24) is 0 Å². The van der Waals surface area contributed by atoms with E-state index < -0.39 is 0 Å². The Morgan fingerprint density at radius 2 is 2.33 bits per heavy atom. The van der Waals surface area contributed by atoms with Crippen molar-refractivity contribution in [2.24, 2.45) is 10.9 Å². The first-order valence-corrected chi connectivity index (χ1v) is 6.06. The Morgan fingerprint density at radius 1 is 1.56 bits per heavy atom. The molecule has 1 atom stereocenters. The monoisotopic (exact) mass is 249 g/mol. The Kier molecular flexibility index (Phi) is 3.72. The van der Waals surface area contributed by atoms with E-state index in [0.29, 0.717) is 13.2 Å². The number of nitrogens with zero attached hydrogens (tertiary/aromatic N) is 2. The van der Waals surface area contributed by atoms with Gasteiger partial charge >= 0.3 is 0 Å². The number of morpholine rings is 1. The summed E-state index contributed by atoms with van der Waals surface area (Å²) < 4.78 is 5.44. The Balaban J connectivity index is 2.44. The maximum absolute atomic E-state index is 8.87. The quantitative estimate of drug-likeness (QED) is 0.359. The maximum Gasteiger partial charge on any atom is 0.172 e. The van der Waals surface area contributed by atoms with Crippen LogP contribution in [-0.4, -0.2) is 36.8 Å². The predicted molar refractivity (Wildman–Crippen MR) is 71.3 cm³/mol. The number of hydrogen-bond acceptors (Lipinski definition) is 4. The number of benzene rings is 1. The van der Waals surface area contributed by atoms with Crippen LogP contribution in [0.4, 0.5) is 5.69 Å². The molecule has 5 heteroatoms. The zero-order valence-electron chi connectivity index (χ0n) is 10.8. The van der Waals surface area contributed by atoms with Crippen molar-refractivity contribution in [1.29, 1.82) is 0 Å². The molecule has 0 spiro atoms. The molecular formula is C13H19N3O2. The number of anilines is 1. The van der Waals surface area contributed by atoms with Crippen molar-refractivity contribution in [2.45, 2.75) is 19.9 Å². The highest BCUT2D eigenvalue weighted by Crippen LogP contribution is 2.25. The molecule has 5 nitrogen and oxygen atoms in total. The summed E-state index contributed by atoms with van der Waals surface area (Å²) in [7, 11) is 0. The second-order valence-electron chi connectivity index (χ2n) is 4.62. The fourth-order valence-corrected chi connectivity index (χ4v) is 2.23. The first-order chi connectivity index (χ1) is 8.63. The smallest absolute Gasteiger partial charge is 0.172 e. The molecule has 1 aliphatic heterocycles. The zero-order valence-corrected chi connectivity index (χ0v) is 10.8. The lowest BCUT2D eigenvalue weighted by Gasteiger charge is -2.36. The van der Waals surface area contributed by atoms with Crippen LogP contribution in [0.2, 0.25) is 0 Å². The number of ether oxygens (including phenoxy) is 1. The number of nitrogens with two attached hydrogens (primary N) is 1. The van der Waals surface area contributed by atoms with E-state index in [2.05, 4.69) is 23.0 Å². The molecule has 0 aliphatic carbocycles. The van der Waals surface area contributed by atoms with Gasteiger partial charge < -0.3 is 20.6 Å². The van der Waals surface area contributed by atoms with E-state index in [1.807, 2.05) is 19.1 Å². The highest BCUT2D eigenvalue weighted by atomic mass is 16.5. The number of rotatable bonds is 2. The standard InChI is InChI=1S/C13H19N3O2/c1-9-3-4-11(13(14)15-17)12(7-9)16-5-6-18-8-10(16)2/h3-4,7,10,17H,5-6,8H2,1-2H3,(H2,14,15). The van der Waals surface area contributed by atoms with E-state index in [1.165, 1.54) is 0 Å². The van der Waals surface area contributed by atoms with Crippen LogP contribution in [-0.2, 0) is 4.74 Å². The molecule has 1 saturated heterocycles. The van der Waals surface area contributed by atoms with Gasteiger partial charge in [0.25, 0.3) is 0 Å². The van der Waals surface area contributed by atoms with Crippen molar-refractivity contribution in [3.63, 3.8) is 0 Å². The van der Waals surface area contributed by atoms with Crippen molar-refractivity contribution >= 4 is 11.5 Å². The third-order valence-corrected chi connectivity index (χ3v) is 3.21. The molecule has 0 saturated carbocycles. The molecule has 1 heterocycles. The summed E-state index contributed by atoms with van der Waals surface area (Å²) >= 11 is 0. The van der Waals surface area contributed by atoms with Crippen molar-refractivity contribution in [2.75, 3.05) is 24.7 Å². The van der Waals surface area contributed by atoms with Crippen LogP contribution >= 0.6 is 0 Å². The zero-order chi connectivity index (χ0) is 13.1. The van der Waals surface area contributed by atoms with Gasteiger partial charge in [-0.05, 0) is 31.5 Å².